The maximum Gasteiger partial charge on any atom is 0.333 e. The summed E-state index contributed by atoms with van der Waals surface area (Å²) >= 11 is 0. The van der Waals surface area contributed by atoms with Crippen molar-refractivity contribution < 1.29 is 19.1 Å². The summed E-state index contributed by atoms with van der Waals surface area (Å²) in [5.41, 5.74) is 0.565. The fourth-order valence-electron chi connectivity index (χ4n) is 1.20. The lowest BCUT2D eigenvalue weighted by Gasteiger charge is -2.04. The van der Waals surface area contributed by atoms with Gasteiger partial charge in [-0.3, -0.25) is 4.79 Å². The summed E-state index contributed by atoms with van der Waals surface area (Å²) in [5, 5.41) is 0. The van der Waals surface area contributed by atoms with Crippen molar-refractivity contribution in [3.05, 3.63) is 37.6 Å². The Bertz CT molecular complexity index is 320. The molecule has 0 atom stereocenters. The van der Waals surface area contributed by atoms with Crippen LogP contribution in [0.15, 0.2) is 37.6 Å². The van der Waals surface area contributed by atoms with Gasteiger partial charge >= 0.3 is 11.9 Å². The van der Waals surface area contributed by atoms with E-state index in [4.69, 9.17) is 4.74 Å². The standard InChI is InChI=1S/C11H20O2.C6H8O2/c1-4-6-7-8-9-13-11(12)10(3)5-2;1-3-5-6(7)8-4-2/h3-9H2,1-2H3;3-4H,1-2,5H2. The van der Waals surface area contributed by atoms with Crippen molar-refractivity contribution >= 4 is 11.9 Å². The number of hydrogen-bond acceptors (Lipinski definition) is 4. The molecule has 0 spiro atoms. The first-order valence-corrected chi connectivity index (χ1v) is 7.29. The second-order valence-electron chi connectivity index (χ2n) is 4.30. The molecule has 120 valence electrons. The molecule has 0 unspecified atom stereocenters. The smallest absolute Gasteiger partial charge is 0.333 e. The Morgan fingerprint density at radius 3 is 2.24 bits per heavy atom. The van der Waals surface area contributed by atoms with Crippen LogP contribution in [0.25, 0.3) is 0 Å². The van der Waals surface area contributed by atoms with Gasteiger partial charge in [-0.15, -0.1) is 6.58 Å². The molecule has 0 aliphatic heterocycles. The summed E-state index contributed by atoms with van der Waals surface area (Å²) in [4.78, 5) is 21.4. The maximum atomic E-state index is 11.1. The summed E-state index contributed by atoms with van der Waals surface area (Å²) in [7, 11) is 0. The van der Waals surface area contributed by atoms with E-state index in [1.807, 2.05) is 6.92 Å². The van der Waals surface area contributed by atoms with E-state index in [2.05, 4.69) is 31.4 Å². The third kappa shape index (κ3) is 16.1. The molecule has 4 nitrogen and oxygen atoms in total. The van der Waals surface area contributed by atoms with Crippen LogP contribution in [0, 0.1) is 0 Å². The molecular weight excluding hydrogens is 268 g/mol. The highest BCUT2D eigenvalue weighted by atomic mass is 16.5. The first-order valence-electron chi connectivity index (χ1n) is 7.29. The lowest BCUT2D eigenvalue weighted by molar-refractivity contribution is -0.139. The fourth-order valence-corrected chi connectivity index (χ4v) is 1.20. The summed E-state index contributed by atoms with van der Waals surface area (Å²) in [6, 6.07) is 0. The molecule has 21 heavy (non-hydrogen) atoms. The summed E-state index contributed by atoms with van der Waals surface area (Å²) in [5.74, 6) is -0.561. The van der Waals surface area contributed by atoms with Gasteiger partial charge in [0.2, 0.25) is 0 Å². The van der Waals surface area contributed by atoms with Gasteiger partial charge in [-0.05, 0) is 12.8 Å². The zero-order valence-corrected chi connectivity index (χ0v) is 13.4. The molecule has 0 aromatic heterocycles. The quantitative estimate of drug-likeness (QED) is 0.198. The monoisotopic (exact) mass is 296 g/mol. The van der Waals surface area contributed by atoms with E-state index in [0.717, 1.165) is 19.1 Å². The van der Waals surface area contributed by atoms with E-state index in [1.54, 1.807) is 0 Å². The molecule has 4 heteroatoms. The molecular formula is C17H28O4. The first kappa shape index (κ1) is 21.5. The molecule has 0 fully saturated rings. The maximum absolute atomic E-state index is 11.1. The molecule has 0 amide bonds. The third-order valence-electron chi connectivity index (χ3n) is 2.47. The molecule has 0 bridgehead atoms. The van der Waals surface area contributed by atoms with Crippen molar-refractivity contribution in [1.29, 1.82) is 0 Å². The zero-order valence-electron chi connectivity index (χ0n) is 13.4. The van der Waals surface area contributed by atoms with Crippen LogP contribution in [0.3, 0.4) is 0 Å². The molecule has 0 saturated heterocycles. The van der Waals surface area contributed by atoms with Crippen LogP contribution >= 0.6 is 0 Å². The lowest BCUT2D eigenvalue weighted by Crippen LogP contribution is -2.07. The van der Waals surface area contributed by atoms with Crippen molar-refractivity contribution in [3.8, 4) is 0 Å². The Balaban J connectivity index is 0. The van der Waals surface area contributed by atoms with Crippen LogP contribution in [-0.4, -0.2) is 18.5 Å². The second-order valence-corrected chi connectivity index (χ2v) is 4.30. The lowest BCUT2D eigenvalue weighted by atomic mass is 10.2. The number of rotatable bonds is 10. The Hall–Kier alpha value is -1.84. The fraction of sp³-hybridized carbons (Fsp3) is 0.529. The van der Waals surface area contributed by atoms with Crippen molar-refractivity contribution in [2.45, 2.75) is 52.4 Å². The van der Waals surface area contributed by atoms with Crippen LogP contribution < -0.4 is 0 Å². The average Bonchev–Trinajstić information content (AvgIpc) is 2.47. The minimum Gasteiger partial charge on any atom is -0.462 e. The molecule has 0 aliphatic carbocycles. The molecule has 0 rings (SSSR count). The van der Waals surface area contributed by atoms with Gasteiger partial charge in [0.05, 0.1) is 19.3 Å². The van der Waals surface area contributed by atoms with E-state index in [9.17, 15) is 9.59 Å². The largest absolute Gasteiger partial charge is 0.462 e. The van der Waals surface area contributed by atoms with E-state index in [0.29, 0.717) is 18.6 Å². The number of carbonyl (C=O) groups is 2. The summed E-state index contributed by atoms with van der Waals surface area (Å²) in [6.45, 7) is 14.8. The minimum atomic E-state index is -0.324. The number of carbonyl (C=O) groups excluding carboxylic acids is 2. The normalized spacial score (nSPS) is 8.86. The molecule has 0 saturated carbocycles. The molecule has 0 aliphatic rings. The molecule has 0 aromatic carbocycles. The van der Waals surface area contributed by atoms with Crippen molar-refractivity contribution in [1.82, 2.24) is 0 Å². The molecule has 0 radical (unpaired) electrons. The number of hydrogen-bond donors (Lipinski definition) is 0. The topological polar surface area (TPSA) is 52.6 Å². The van der Waals surface area contributed by atoms with Gasteiger partial charge in [-0.25, -0.2) is 4.79 Å². The Morgan fingerprint density at radius 2 is 1.76 bits per heavy atom. The van der Waals surface area contributed by atoms with Crippen LogP contribution in [0.5, 0.6) is 0 Å². The van der Waals surface area contributed by atoms with Gasteiger partial charge in [0.25, 0.3) is 0 Å². The van der Waals surface area contributed by atoms with Gasteiger partial charge in [-0.1, -0.05) is 52.3 Å². The average molecular weight is 296 g/mol. The van der Waals surface area contributed by atoms with Gasteiger partial charge in [0.1, 0.15) is 0 Å². The molecule has 0 heterocycles. The van der Waals surface area contributed by atoms with E-state index < -0.39 is 0 Å². The highest BCUT2D eigenvalue weighted by Gasteiger charge is 2.04. The Morgan fingerprint density at radius 1 is 1.10 bits per heavy atom. The molecule has 0 N–H and O–H groups in total. The predicted octanol–water partition coefficient (Wildman–Crippen LogP) is 4.33. The van der Waals surface area contributed by atoms with Crippen LogP contribution in [0.4, 0.5) is 0 Å². The predicted molar refractivity (Wildman–Crippen MR) is 85.6 cm³/mol. The van der Waals surface area contributed by atoms with Crippen molar-refractivity contribution in [2.75, 3.05) is 6.61 Å². The Labute approximate surface area is 128 Å². The highest BCUT2D eigenvalue weighted by molar-refractivity contribution is 5.87. The third-order valence-corrected chi connectivity index (χ3v) is 2.47. The molecule has 0 aromatic rings. The zero-order chi connectivity index (χ0) is 16.5. The minimum absolute atomic E-state index is 0.237. The number of unbranched alkanes of at least 4 members (excludes halogenated alkanes) is 3. The SMILES string of the molecule is C=C(CC)C(=O)OCCCCCC.C=CCC(=O)OC=C. The van der Waals surface area contributed by atoms with E-state index in [1.165, 1.54) is 18.9 Å². The van der Waals surface area contributed by atoms with E-state index in [-0.39, 0.29) is 18.4 Å². The van der Waals surface area contributed by atoms with Gasteiger partial charge in [0.15, 0.2) is 0 Å². The number of ether oxygens (including phenoxy) is 2. The van der Waals surface area contributed by atoms with Gasteiger partial charge in [-0.2, -0.15) is 0 Å². The van der Waals surface area contributed by atoms with Gasteiger partial charge in [0, 0.05) is 5.57 Å². The first-order chi connectivity index (χ1) is 10.0. The van der Waals surface area contributed by atoms with Crippen molar-refractivity contribution in [3.63, 3.8) is 0 Å². The van der Waals surface area contributed by atoms with Crippen LogP contribution in [-0.2, 0) is 19.1 Å². The van der Waals surface area contributed by atoms with Crippen molar-refractivity contribution in [2.24, 2.45) is 0 Å². The van der Waals surface area contributed by atoms with Crippen LogP contribution in [0.1, 0.15) is 52.4 Å². The number of esters is 2. The highest BCUT2D eigenvalue weighted by Crippen LogP contribution is 2.03. The summed E-state index contributed by atoms with van der Waals surface area (Å²) in [6.07, 6.45) is 8.03. The van der Waals surface area contributed by atoms with Crippen LogP contribution in [0.2, 0.25) is 0 Å². The summed E-state index contributed by atoms with van der Waals surface area (Å²) < 4.78 is 9.34. The second kappa shape index (κ2) is 16.2. The van der Waals surface area contributed by atoms with E-state index >= 15 is 0 Å². The Kier molecular flexibility index (Phi) is 16.6. The van der Waals surface area contributed by atoms with Gasteiger partial charge < -0.3 is 9.47 Å².